The van der Waals surface area contributed by atoms with E-state index in [1.165, 1.54) is 16.8 Å². The largest absolute Gasteiger partial charge is 0.476 e. The number of aryl methyl sites for hydroxylation is 1. The Labute approximate surface area is 115 Å². The third-order valence-electron chi connectivity index (χ3n) is 2.46. The minimum absolute atomic E-state index is 0.286. The molecule has 0 spiro atoms. The maximum Gasteiger partial charge on any atom is 0.360 e. The van der Waals surface area contributed by atoms with Crippen LogP contribution < -0.4 is 5.43 Å². The van der Waals surface area contributed by atoms with Crippen LogP contribution in [0.15, 0.2) is 33.5 Å². The highest BCUT2D eigenvalue weighted by molar-refractivity contribution is 9.10. The Bertz CT molecular complexity index is 727. The van der Waals surface area contributed by atoms with E-state index in [4.69, 9.17) is 5.11 Å². The van der Waals surface area contributed by atoms with Crippen molar-refractivity contribution >= 4 is 21.9 Å². The van der Waals surface area contributed by atoms with Gasteiger partial charge in [-0.05, 0) is 35.0 Å². The first kappa shape index (κ1) is 13.4. The van der Waals surface area contributed by atoms with Crippen LogP contribution in [0.2, 0.25) is 0 Å². The third kappa shape index (κ3) is 2.55. The number of aromatic nitrogens is 2. The summed E-state index contributed by atoms with van der Waals surface area (Å²) >= 11 is 3.02. The summed E-state index contributed by atoms with van der Waals surface area (Å²) in [4.78, 5) is 22.3. The van der Waals surface area contributed by atoms with Crippen LogP contribution in [0.5, 0.6) is 0 Å². The standard InChI is InChI=1S/C12H8BrFN2O3/c1-6-4-10(17)11(12(18)19)15-16(6)7-2-3-8(13)9(14)5-7/h2-5H,1H3,(H,18,19). The van der Waals surface area contributed by atoms with Crippen molar-refractivity contribution in [2.45, 2.75) is 6.92 Å². The van der Waals surface area contributed by atoms with Crippen LogP contribution in [-0.2, 0) is 0 Å². The number of hydrogen-bond acceptors (Lipinski definition) is 3. The van der Waals surface area contributed by atoms with Crippen LogP contribution >= 0.6 is 15.9 Å². The molecular weight excluding hydrogens is 319 g/mol. The second-order valence-corrected chi connectivity index (χ2v) is 4.67. The van der Waals surface area contributed by atoms with Crippen LogP contribution in [-0.4, -0.2) is 20.9 Å². The smallest absolute Gasteiger partial charge is 0.360 e. The Balaban J connectivity index is 2.68. The maximum atomic E-state index is 13.5. The lowest BCUT2D eigenvalue weighted by atomic mass is 10.2. The number of benzene rings is 1. The third-order valence-corrected chi connectivity index (χ3v) is 3.10. The highest BCUT2D eigenvalue weighted by Crippen LogP contribution is 2.19. The van der Waals surface area contributed by atoms with Crippen molar-refractivity contribution in [2.24, 2.45) is 0 Å². The summed E-state index contributed by atoms with van der Waals surface area (Å²) in [5.74, 6) is -1.93. The van der Waals surface area contributed by atoms with Gasteiger partial charge < -0.3 is 5.11 Å². The molecule has 0 saturated heterocycles. The molecule has 0 atom stereocenters. The summed E-state index contributed by atoms with van der Waals surface area (Å²) in [6.45, 7) is 1.58. The Hall–Kier alpha value is -2.02. The first-order valence-corrected chi connectivity index (χ1v) is 5.99. The molecule has 0 aliphatic carbocycles. The summed E-state index contributed by atoms with van der Waals surface area (Å²) in [5.41, 5.74) is -0.537. The molecule has 0 unspecified atom stereocenters. The van der Waals surface area contributed by atoms with Gasteiger partial charge in [0.15, 0.2) is 0 Å². The SMILES string of the molecule is Cc1cc(=O)c(C(=O)O)nn1-c1ccc(Br)c(F)c1. The van der Waals surface area contributed by atoms with Gasteiger partial charge in [-0.3, -0.25) is 4.79 Å². The van der Waals surface area contributed by atoms with Gasteiger partial charge in [0.1, 0.15) is 5.82 Å². The lowest BCUT2D eigenvalue weighted by Gasteiger charge is -2.10. The van der Waals surface area contributed by atoms with Crippen molar-refractivity contribution < 1.29 is 14.3 Å². The van der Waals surface area contributed by atoms with E-state index in [9.17, 15) is 14.0 Å². The van der Waals surface area contributed by atoms with E-state index in [2.05, 4.69) is 21.0 Å². The van der Waals surface area contributed by atoms with E-state index in [1.807, 2.05) is 0 Å². The second-order valence-electron chi connectivity index (χ2n) is 3.81. The maximum absolute atomic E-state index is 13.5. The molecule has 0 bridgehead atoms. The molecule has 0 saturated carbocycles. The van der Waals surface area contributed by atoms with Gasteiger partial charge in [0.25, 0.3) is 0 Å². The van der Waals surface area contributed by atoms with Crippen molar-refractivity contribution in [3.63, 3.8) is 0 Å². The molecule has 98 valence electrons. The van der Waals surface area contributed by atoms with Crippen LogP contribution in [0.25, 0.3) is 5.69 Å². The molecule has 1 N–H and O–H groups in total. The van der Waals surface area contributed by atoms with E-state index < -0.39 is 22.9 Å². The summed E-state index contributed by atoms with van der Waals surface area (Å²) in [5, 5.41) is 12.6. The van der Waals surface area contributed by atoms with E-state index in [0.717, 1.165) is 6.07 Å². The van der Waals surface area contributed by atoms with Crippen LogP contribution in [0.3, 0.4) is 0 Å². The average molecular weight is 327 g/mol. The summed E-state index contributed by atoms with van der Waals surface area (Å²) in [6, 6.07) is 5.38. The number of rotatable bonds is 2. The zero-order chi connectivity index (χ0) is 14.2. The van der Waals surface area contributed by atoms with Crippen LogP contribution in [0, 0.1) is 12.7 Å². The Morgan fingerprint density at radius 2 is 2.11 bits per heavy atom. The number of carboxylic acids is 1. The molecule has 0 aliphatic heterocycles. The molecule has 0 radical (unpaired) electrons. The molecule has 0 amide bonds. The number of nitrogens with zero attached hydrogens (tertiary/aromatic N) is 2. The quantitative estimate of drug-likeness (QED) is 0.917. The van der Waals surface area contributed by atoms with E-state index in [-0.39, 0.29) is 4.47 Å². The molecule has 2 aromatic rings. The number of aromatic carboxylic acids is 1. The first-order chi connectivity index (χ1) is 8.90. The predicted octanol–water partition coefficient (Wildman–Crippen LogP) is 2.14. The summed E-state index contributed by atoms with van der Waals surface area (Å²) in [7, 11) is 0. The van der Waals surface area contributed by atoms with Gasteiger partial charge in [0.2, 0.25) is 11.1 Å². The molecule has 1 aromatic heterocycles. The number of hydrogen-bond donors (Lipinski definition) is 1. The topological polar surface area (TPSA) is 72.2 Å². The van der Waals surface area contributed by atoms with Crippen molar-refractivity contribution in [1.82, 2.24) is 9.78 Å². The normalized spacial score (nSPS) is 10.5. The van der Waals surface area contributed by atoms with Gasteiger partial charge in [0.05, 0.1) is 10.2 Å². The molecule has 1 aromatic carbocycles. The number of carboxylic acid groups (broad SMARTS) is 1. The average Bonchev–Trinajstić information content (AvgIpc) is 2.32. The number of halogens is 2. The van der Waals surface area contributed by atoms with E-state index in [1.54, 1.807) is 13.0 Å². The van der Waals surface area contributed by atoms with Gasteiger partial charge in [-0.2, -0.15) is 5.10 Å². The molecule has 2 rings (SSSR count). The fraction of sp³-hybridized carbons (Fsp3) is 0.0833. The van der Waals surface area contributed by atoms with Crippen LogP contribution in [0.1, 0.15) is 16.2 Å². The van der Waals surface area contributed by atoms with Gasteiger partial charge in [0, 0.05) is 17.8 Å². The number of carbonyl (C=O) groups is 1. The van der Waals surface area contributed by atoms with E-state index >= 15 is 0 Å². The lowest BCUT2D eigenvalue weighted by Crippen LogP contribution is -2.22. The highest BCUT2D eigenvalue weighted by Gasteiger charge is 2.14. The van der Waals surface area contributed by atoms with Gasteiger partial charge in [-0.25, -0.2) is 13.9 Å². The fourth-order valence-electron chi connectivity index (χ4n) is 1.57. The lowest BCUT2D eigenvalue weighted by molar-refractivity contribution is 0.0686. The zero-order valence-electron chi connectivity index (χ0n) is 9.72. The molecular formula is C12H8BrFN2O3. The molecule has 19 heavy (non-hydrogen) atoms. The van der Waals surface area contributed by atoms with E-state index in [0.29, 0.717) is 11.4 Å². The van der Waals surface area contributed by atoms with Crippen molar-refractivity contribution in [3.8, 4) is 5.69 Å². The Morgan fingerprint density at radius 1 is 1.42 bits per heavy atom. The van der Waals surface area contributed by atoms with Gasteiger partial charge in [-0.1, -0.05) is 0 Å². The van der Waals surface area contributed by atoms with Gasteiger partial charge in [-0.15, -0.1) is 0 Å². The molecule has 0 aliphatic rings. The van der Waals surface area contributed by atoms with Crippen LogP contribution in [0.4, 0.5) is 4.39 Å². The minimum atomic E-state index is -1.42. The summed E-state index contributed by atoms with van der Waals surface area (Å²) in [6.07, 6.45) is 0. The molecule has 0 fully saturated rings. The van der Waals surface area contributed by atoms with Crippen molar-refractivity contribution in [2.75, 3.05) is 0 Å². The molecule has 5 nitrogen and oxygen atoms in total. The fourth-order valence-corrected chi connectivity index (χ4v) is 1.82. The van der Waals surface area contributed by atoms with Crippen molar-refractivity contribution in [1.29, 1.82) is 0 Å². The summed E-state index contributed by atoms with van der Waals surface area (Å²) < 4.78 is 15.0. The minimum Gasteiger partial charge on any atom is -0.476 e. The Morgan fingerprint density at radius 3 is 2.68 bits per heavy atom. The molecule has 1 heterocycles. The monoisotopic (exact) mass is 326 g/mol. The first-order valence-electron chi connectivity index (χ1n) is 5.20. The zero-order valence-corrected chi connectivity index (χ0v) is 11.3. The van der Waals surface area contributed by atoms with Gasteiger partial charge >= 0.3 is 5.97 Å². The molecule has 7 heteroatoms. The second kappa shape index (κ2) is 4.93. The Kier molecular flexibility index (Phi) is 3.48. The predicted molar refractivity (Wildman–Crippen MR) is 69.2 cm³/mol. The highest BCUT2D eigenvalue weighted by atomic mass is 79.9. The van der Waals surface area contributed by atoms with Crippen molar-refractivity contribution in [3.05, 3.63) is 56.2 Å².